The summed E-state index contributed by atoms with van der Waals surface area (Å²) < 4.78 is 18.1. The molecule has 0 fully saturated rings. The Kier molecular flexibility index (Phi) is 4.11. The number of aliphatic carboxylic acids is 1. The van der Waals surface area contributed by atoms with E-state index in [1.165, 1.54) is 21.1 Å². The van der Waals surface area contributed by atoms with Gasteiger partial charge in [-0.25, -0.2) is 4.79 Å². The summed E-state index contributed by atoms with van der Waals surface area (Å²) in [6.45, 7) is 1.46. The summed E-state index contributed by atoms with van der Waals surface area (Å²) in [6.07, 6.45) is 0.687. The van der Waals surface area contributed by atoms with Crippen molar-refractivity contribution in [1.29, 1.82) is 0 Å². The quantitative estimate of drug-likeness (QED) is 0.436. The molecule has 5 aromatic rings. The zero-order valence-electron chi connectivity index (χ0n) is 17.0. The van der Waals surface area contributed by atoms with Gasteiger partial charge >= 0.3 is 5.97 Å². The Morgan fingerprint density at radius 3 is 2.58 bits per heavy atom. The predicted octanol–water partition coefficient (Wildman–Crippen LogP) is 3.46. The van der Waals surface area contributed by atoms with E-state index >= 15 is 0 Å². The maximum atomic E-state index is 13.7. The average molecular weight is 418 g/mol. The van der Waals surface area contributed by atoms with Crippen molar-refractivity contribution in [2.24, 2.45) is 0 Å². The summed E-state index contributed by atoms with van der Waals surface area (Å²) in [7, 11) is 3.02. The first kappa shape index (κ1) is 18.9. The highest BCUT2D eigenvalue weighted by molar-refractivity contribution is 6.19. The van der Waals surface area contributed by atoms with Crippen LogP contribution in [0.4, 0.5) is 0 Å². The molecule has 31 heavy (non-hydrogen) atoms. The van der Waals surface area contributed by atoms with Gasteiger partial charge in [0.25, 0.3) is 5.56 Å². The van der Waals surface area contributed by atoms with Crippen LogP contribution in [-0.4, -0.2) is 40.8 Å². The number of nitrogens with zero attached hydrogens (tertiary/aromatic N) is 2. The molecule has 5 rings (SSSR count). The lowest BCUT2D eigenvalue weighted by Crippen LogP contribution is -2.22. The van der Waals surface area contributed by atoms with Gasteiger partial charge in [-0.15, -0.1) is 0 Å². The molecule has 0 aliphatic carbocycles. The maximum absolute atomic E-state index is 13.7. The molecule has 0 amide bonds. The van der Waals surface area contributed by atoms with Gasteiger partial charge in [0, 0.05) is 22.4 Å². The number of carboxylic acids is 1. The van der Waals surface area contributed by atoms with Crippen LogP contribution < -0.4 is 19.8 Å². The predicted molar refractivity (Wildman–Crippen MR) is 116 cm³/mol. The number of aromatic nitrogens is 2. The number of ether oxygens (including phenoxy) is 3. The Hall–Kier alpha value is -4.07. The van der Waals surface area contributed by atoms with Crippen molar-refractivity contribution in [1.82, 2.24) is 9.38 Å². The van der Waals surface area contributed by atoms with E-state index in [4.69, 9.17) is 19.3 Å². The highest BCUT2D eigenvalue weighted by Gasteiger charge is 2.22. The van der Waals surface area contributed by atoms with Gasteiger partial charge in [0.2, 0.25) is 0 Å². The van der Waals surface area contributed by atoms with Gasteiger partial charge < -0.3 is 19.3 Å². The van der Waals surface area contributed by atoms with Crippen LogP contribution in [0.15, 0.2) is 47.4 Å². The van der Waals surface area contributed by atoms with E-state index in [1.807, 2.05) is 6.07 Å². The topological polar surface area (TPSA) is 99.4 Å². The smallest absolute Gasteiger partial charge is 0.344 e. The standard InChI is InChI=1S/C23H18N2O6/c1-11(23(27)28)31-12-4-6-16-15(10-12)13-8-9-24-19-14-5-7-17(29-2)21(30-3)18(14)22(26)25(16)20(13)19/h4-11H,1-3H3,(H,27,28)/t11-/m0/s1. The number of fused-ring (bicyclic) bond motifs is 5. The lowest BCUT2D eigenvalue weighted by atomic mass is 10.1. The van der Waals surface area contributed by atoms with E-state index in [9.17, 15) is 9.59 Å². The maximum Gasteiger partial charge on any atom is 0.344 e. The number of pyridine rings is 2. The molecule has 1 N–H and O–H groups in total. The van der Waals surface area contributed by atoms with Gasteiger partial charge in [0.15, 0.2) is 17.6 Å². The van der Waals surface area contributed by atoms with Crippen molar-refractivity contribution in [3.8, 4) is 17.2 Å². The molecule has 3 heterocycles. The number of hydrogen-bond donors (Lipinski definition) is 1. The first-order valence-corrected chi connectivity index (χ1v) is 9.59. The minimum Gasteiger partial charge on any atom is -0.493 e. The van der Waals surface area contributed by atoms with Crippen LogP contribution in [0.2, 0.25) is 0 Å². The van der Waals surface area contributed by atoms with Crippen molar-refractivity contribution < 1.29 is 24.1 Å². The molecular weight excluding hydrogens is 400 g/mol. The minimum absolute atomic E-state index is 0.251. The fraction of sp³-hybridized carbons (Fsp3) is 0.174. The van der Waals surface area contributed by atoms with Gasteiger partial charge in [-0.3, -0.25) is 14.2 Å². The van der Waals surface area contributed by atoms with Crippen LogP contribution in [0.25, 0.3) is 38.1 Å². The van der Waals surface area contributed by atoms with Gasteiger partial charge in [0.05, 0.1) is 36.2 Å². The summed E-state index contributed by atoms with van der Waals surface area (Å²) in [4.78, 5) is 29.4. The number of benzene rings is 2. The fourth-order valence-corrected chi connectivity index (χ4v) is 4.13. The van der Waals surface area contributed by atoms with E-state index in [0.29, 0.717) is 44.6 Å². The first-order valence-electron chi connectivity index (χ1n) is 9.59. The molecule has 2 aromatic carbocycles. The van der Waals surface area contributed by atoms with Crippen LogP contribution >= 0.6 is 0 Å². The van der Waals surface area contributed by atoms with E-state index in [2.05, 4.69) is 4.98 Å². The third-order valence-corrected chi connectivity index (χ3v) is 5.53. The third kappa shape index (κ3) is 2.58. The molecule has 0 bridgehead atoms. The van der Waals surface area contributed by atoms with Crippen LogP contribution in [0, 0.1) is 0 Å². The molecule has 0 unspecified atom stereocenters. The van der Waals surface area contributed by atoms with Gasteiger partial charge in [0.1, 0.15) is 5.75 Å². The van der Waals surface area contributed by atoms with Crippen LogP contribution in [0.1, 0.15) is 6.92 Å². The molecule has 8 heteroatoms. The summed E-state index contributed by atoms with van der Waals surface area (Å²) in [5, 5.41) is 11.8. The number of carboxylic acid groups (broad SMARTS) is 1. The third-order valence-electron chi connectivity index (χ3n) is 5.53. The molecule has 0 aliphatic rings. The Morgan fingerprint density at radius 2 is 1.87 bits per heavy atom. The zero-order valence-corrected chi connectivity index (χ0v) is 17.0. The molecule has 0 saturated heterocycles. The lowest BCUT2D eigenvalue weighted by Gasteiger charge is -2.12. The Labute approximate surface area is 175 Å². The number of methoxy groups -OCH3 is 2. The molecule has 0 radical (unpaired) electrons. The molecule has 0 aliphatic heterocycles. The largest absolute Gasteiger partial charge is 0.493 e. The average Bonchev–Trinajstić information content (AvgIpc) is 3.11. The van der Waals surface area contributed by atoms with Gasteiger partial charge in [-0.2, -0.15) is 0 Å². The zero-order chi connectivity index (χ0) is 21.9. The summed E-state index contributed by atoms with van der Waals surface area (Å²) >= 11 is 0. The second-order valence-electron chi connectivity index (χ2n) is 7.20. The second-order valence-corrected chi connectivity index (χ2v) is 7.20. The lowest BCUT2D eigenvalue weighted by molar-refractivity contribution is -0.144. The van der Waals surface area contributed by atoms with Crippen molar-refractivity contribution in [2.75, 3.05) is 14.2 Å². The Morgan fingerprint density at radius 1 is 1.06 bits per heavy atom. The number of carbonyl (C=O) groups is 1. The molecule has 0 saturated carbocycles. The first-order chi connectivity index (χ1) is 15.0. The minimum atomic E-state index is -1.06. The van der Waals surface area contributed by atoms with E-state index < -0.39 is 12.1 Å². The Bertz CT molecular complexity index is 1560. The van der Waals surface area contributed by atoms with Crippen molar-refractivity contribution in [3.63, 3.8) is 0 Å². The number of hydrogen-bond acceptors (Lipinski definition) is 6. The monoisotopic (exact) mass is 418 g/mol. The van der Waals surface area contributed by atoms with Crippen LogP contribution in [0.5, 0.6) is 17.2 Å². The molecule has 0 spiro atoms. The highest BCUT2D eigenvalue weighted by atomic mass is 16.5. The Balaban J connectivity index is 1.93. The molecule has 8 nitrogen and oxygen atoms in total. The molecule has 156 valence electrons. The van der Waals surface area contributed by atoms with E-state index in [-0.39, 0.29) is 5.56 Å². The second kappa shape index (κ2) is 6.73. The van der Waals surface area contributed by atoms with Gasteiger partial charge in [-0.1, -0.05) is 0 Å². The van der Waals surface area contributed by atoms with E-state index in [0.717, 1.165) is 10.8 Å². The van der Waals surface area contributed by atoms with Crippen LogP contribution in [0.3, 0.4) is 0 Å². The summed E-state index contributed by atoms with van der Waals surface area (Å²) in [6, 6.07) is 10.5. The van der Waals surface area contributed by atoms with Crippen molar-refractivity contribution >= 4 is 44.1 Å². The van der Waals surface area contributed by atoms with Crippen molar-refractivity contribution in [3.05, 3.63) is 52.9 Å². The van der Waals surface area contributed by atoms with Crippen molar-refractivity contribution in [2.45, 2.75) is 13.0 Å². The molecule has 1 atom stereocenters. The fourth-order valence-electron chi connectivity index (χ4n) is 4.13. The van der Waals surface area contributed by atoms with Gasteiger partial charge in [-0.05, 0) is 43.3 Å². The van der Waals surface area contributed by atoms with Crippen LogP contribution in [-0.2, 0) is 4.79 Å². The highest BCUT2D eigenvalue weighted by Crippen LogP contribution is 2.39. The normalized spacial score (nSPS) is 12.6. The van der Waals surface area contributed by atoms with E-state index in [1.54, 1.807) is 40.9 Å². The summed E-state index contributed by atoms with van der Waals surface area (Å²) in [5.41, 5.74) is 1.76. The molecule has 3 aromatic heterocycles. The summed E-state index contributed by atoms with van der Waals surface area (Å²) in [5.74, 6) is 0.161. The molecular formula is C23H18N2O6. The SMILES string of the molecule is COc1ccc2c(c1OC)c(=O)n1c3ccc(O[C@@H](C)C(=O)O)cc3c3ccnc2c31. The number of rotatable bonds is 5.